The lowest BCUT2D eigenvalue weighted by molar-refractivity contribution is -0.115. The maximum Gasteiger partial charge on any atom is 0.225 e. The summed E-state index contributed by atoms with van der Waals surface area (Å²) in [7, 11) is 0. The molecule has 1 heterocycles. The summed E-state index contributed by atoms with van der Waals surface area (Å²) in [6.45, 7) is 3.79. The van der Waals surface area contributed by atoms with Crippen LogP contribution in [0, 0.1) is 25.2 Å². The molecule has 2 aromatic rings. The lowest BCUT2D eigenvalue weighted by atomic mass is 10.2. The zero-order valence-electron chi connectivity index (χ0n) is 12.9. The summed E-state index contributed by atoms with van der Waals surface area (Å²) in [6.07, 6.45) is 0.330. The van der Waals surface area contributed by atoms with Crippen molar-refractivity contribution in [1.29, 1.82) is 5.26 Å². The van der Waals surface area contributed by atoms with E-state index in [-0.39, 0.29) is 5.91 Å². The Labute approximate surface area is 144 Å². The highest BCUT2D eigenvalue weighted by molar-refractivity contribution is 7.99. The van der Waals surface area contributed by atoms with E-state index in [1.54, 1.807) is 24.3 Å². The zero-order chi connectivity index (χ0) is 16.8. The van der Waals surface area contributed by atoms with Gasteiger partial charge in [0, 0.05) is 28.6 Å². The van der Waals surface area contributed by atoms with Crippen molar-refractivity contribution in [1.82, 2.24) is 4.98 Å². The van der Waals surface area contributed by atoms with Crippen LogP contribution in [-0.4, -0.2) is 16.6 Å². The summed E-state index contributed by atoms with van der Waals surface area (Å²) >= 11 is 7.35. The molecule has 118 valence electrons. The average molecular weight is 346 g/mol. The smallest absolute Gasteiger partial charge is 0.225 e. The molecule has 0 unspecified atom stereocenters. The number of thioether (sulfide) groups is 1. The van der Waals surface area contributed by atoms with Crippen LogP contribution >= 0.6 is 23.4 Å². The summed E-state index contributed by atoms with van der Waals surface area (Å²) in [4.78, 5) is 16.4. The number of nitrogens with zero attached hydrogens (tertiary/aromatic N) is 2. The zero-order valence-corrected chi connectivity index (χ0v) is 14.5. The van der Waals surface area contributed by atoms with Gasteiger partial charge >= 0.3 is 0 Å². The fraction of sp³-hybridized carbons (Fsp3) is 0.235. The molecule has 1 aromatic carbocycles. The molecule has 1 N–H and O–H groups in total. The number of halogens is 1. The molecule has 0 aliphatic rings. The van der Waals surface area contributed by atoms with Crippen LogP contribution in [0.15, 0.2) is 35.4 Å². The van der Waals surface area contributed by atoms with Gasteiger partial charge < -0.3 is 5.32 Å². The Morgan fingerprint density at radius 3 is 2.87 bits per heavy atom. The van der Waals surface area contributed by atoms with Gasteiger partial charge in [-0.1, -0.05) is 17.7 Å². The van der Waals surface area contributed by atoms with Crippen molar-refractivity contribution in [3.05, 3.63) is 52.2 Å². The molecule has 1 aromatic heterocycles. The SMILES string of the molecule is Cc1ccc(C#N)c(SCCC(=O)Nc2cc(Cl)ccc2C)n1. The molecule has 4 nitrogen and oxygen atoms in total. The first-order valence-corrected chi connectivity index (χ1v) is 8.42. The third kappa shape index (κ3) is 4.98. The first kappa shape index (κ1) is 17.3. The molecule has 0 saturated heterocycles. The lowest BCUT2D eigenvalue weighted by Gasteiger charge is -2.09. The second-order valence-corrected chi connectivity index (χ2v) is 6.54. The number of carbonyl (C=O) groups excluding carboxylic acids is 1. The van der Waals surface area contributed by atoms with E-state index >= 15 is 0 Å². The minimum absolute atomic E-state index is 0.0889. The van der Waals surface area contributed by atoms with Crippen molar-refractivity contribution in [2.45, 2.75) is 25.3 Å². The lowest BCUT2D eigenvalue weighted by Crippen LogP contribution is -2.13. The summed E-state index contributed by atoms with van der Waals surface area (Å²) in [5.74, 6) is 0.463. The number of aromatic nitrogens is 1. The molecule has 23 heavy (non-hydrogen) atoms. The Kier molecular flexibility index (Phi) is 6.03. The topological polar surface area (TPSA) is 65.8 Å². The van der Waals surface area contributed by atoms with Gasteiger partial charge in [0.25, 0.3) is 0 Å². The predicted molar refractivity (Wildman–Crippen MR) is 93.8 cm³/mol. The van der Waals surface area contributed by atoms with Crippen molar-refractivity contribution >= 4 is 35.0 Å². The average Bonchev–Trinajstić information content (AvgIpc) is 2.51. The number of hydrogen-bond acceptors (Lipinski definition) is 4. The molecule has 2 rings (SSSR count). The third-order valence-electron chi connectivity index (χ3n) is 3.16. The largest absolute Gasteiger partial charge is 0.326 e. The van der Waals surface area contributed by atoms with Gasteiger partial charge in [0.15, 0.2) is 0 Å². The van der Waals surface area contributed by atoms with E-state index < -0.39 is 0 Å². The Morgan fingerprint density at radius 2 is 2.13 bits per heavy atom. The summed E-state index contributed by atoms with van der Waals surface area (Å²) in [6, 6.07) is 11.1. The Hall–Kier alpha value is -2.03. The molecule has 0 spiro atoms. The minimum Gasteiger partial charge on any atom is -0.326 e. The quantitative estimate of drug-likeness (QED) is 0.818. The van der Waals surface area contributed by atoms with Gasteiger partial charge in [0.05, 0.1) is 5.56 Å². The van der Waals surface area contributed by atoms with Crippen LogP contribution in [0.25, 0.3) is 0 Å². The van der Waals surface area contributed by atoms with Crippen molar-refractivity contribution in [2.24, 2.45) is 0 Å². The number of amides is 1. The van der Waals surface area contributed by atoms with Gasteiger partial charge in [0.1, 0.15) is 11.1 Å². The van der Waals surface area contributed by atoms with E-state index in [1.165, 1.54) is 11.8 Å². The monoisotopic (exact) mass is 345 g/mol. The van der Waals surface area contributed by atoms with E-state index in [0.717, 1.165) is 16.9 Å². The Morgan fingerprint density at radius 1 is 1.35 bits per heavy atom. The van der Waals surface area contributed by atoms with Crippen LogP contribution in [-0.2, 0) is 4.79 Å². The molecule has 0 bridgehead atoms. The van der Waals surface area contributed by atoms with Crippen LogP contribution in [0.3, 0.4) is 0 Å². The Bertz CT molecular complexity index is 771. The molecule has 0 aliphatic carbocycles. The number of rotatable bonds is 5. The number of hydrogen-bond donors (Lipinski definition) is 1. The number of nitrogens with one attached hydrogen (secondary N) is 1. The van der Waals surface area contributed by atoms with Crippen LogP contribution in [0.4, 0.5) is 5.69 Å². The number of carbonyl (C=O) groups is 1. The van der Waals surface area contributed by atoms with Gasteiger partial charge in [-0.05, 0) is 43.7 Å². The normalized spacial score (nSPS) is 10.2. The van der Waals surface area contributed by atoms with Gasteiger partial charge in [-0.15, -0.1) is 11.8 Å². The highest BCUT2D eigenvalue weighted by Crippen LogP contribution is 2.23. The molecule has 1 amide bonds. The fourth-order valence-corrected chi connectivity index (χ4v) is 3.04. The summed E-state index contributed by atoms with van der Waals surface area (Å²) < 4.78 is 0. The van der Waals surface area contributed by atoms with Crippen molar-refractivity contribution in [2.75, 3.05) is 11.1 Å². The number of pyridine rings is 1. The predicted octanol–water partition coefficient (Wildman–Crippen LogP) is 4.34. The molecule has 0 fully saturated rings. The van der Waals surface area contributed by atoms with E-state index in [2.05, 4.69) is 16.4 Å². The number of anilines is 1. The highest BCUT2D eigenvalue weighted by Gasteiger charge is 2.09. The first-order valence-electron chi connectivity index (χ1n) is 7.06. The molecule has 0 aliphatic heterocycles. The maximum absolute atomic E-state index is 12.0. The molecular formula is C17H16ClN3OS. The molecule has 0 saturated carbocycles. The summed E-state index contributed by atoms with van der Waals surface area (Å²) in [5, 5.41) is 13.2. The third-order valence-corrected chi connectivity index (χ3v) is 4.39. The molecular weight excluding hydrogens is 330 g/mol. The molecule has 0 atom stereocenters. The summed E-state index contributed by atoms with van der Waals surface area (Å²) in [5.41, 5.74) is 3.07. The Balaban J connectivity index is 1.92. The van der Waals surface area contributed by atoms with Gasteiger partial charge in [-0.2, -0.15) is 5.26 Å². The highest BCUT2D eigenvalue weighted by atomic mass is 35.5. The van der Waals surface area contributed by atoms with Crippen molar-refractivity contribution < 1.29 is 4.79 Å². The molecule has 6 heteroatoms. The van der Waals surface area contributed by atoms with E-state index in [1.807, 2.05) is 19.9 Å². The van der Waals surface area contributed by atoms with E-state index in [9.17, 15) is 4.79 Å². The van der Waals surface area contributed by atoms with Crippen molar-refractivity contribution in [3.8, 4) is 6.07 Å². The minimum atomic E-state index is -0.0889. The van der Waals surface area contributed by atoms with Crippen LogP contribution < -0.4 is 5.32 Å². The number of nitriles is 1. The van der Waals surface area contributed by atoms with Crippen LogP contribution in [0.5, 0.6) is 0 Å². The van der Waals surface area contributed by atoms with E-state index in [0.29, 0.717) is 27.8 Å². The van der Waals surface area contributed by atoms with Gasteiger partial charge in [-0.25, -0.2) is 4.98 Å². The van der Waals surface area contributed by atoms with Gasteiger partial charge in [0.2, 0.25) is 5.91 Å². The standard InChI is InChI=1S/C17H16ClN3OS/c1-11-3-6-14(18)9-15(11)21-16(22)7-8-23-17-13(10-19)5-4-12(2)20-17/h3-6,9H,7-8H2,1-2H3,(H,21,22). The van der Waals surface area contributed by atoms with E-state index in [4.69, 9.17) is 16.9 Å². The van der Waals surface area contributed by atoms with Crippen LogP contribution in [0.1, 0.15) is 23.2 Å². The van der Waals surface area contributed by atoms with Crippen LogP contribution in [0.2, 0.25) is 5.02 Å². The number of aryl methyl sites for hydroxylation is 2. The fourth-order valence-electron chi connectivity index (χ4n) is 1.91. The van der Waals surface area contributed by atoms with Gasteiger partial charge in [-0.3, -0.25) is 4.79 Å². The second-order valence-electron chi connectivity index (χ2n) is 5.02. The molecule has 0 radical (unpaired) electrons. The second kappa shape index (κ2) is 8.00. The first-order chi connectivity index (χ1) is 11.0. The number of benzene rings is 1. The maximum atomic E-state index is 12.0. The van der Waals surface area contributed by atoms with Crippen molar-refractivity contribution in [3.63, 3.8) is 0 Å².